The Morgan fingerprint density at radius 1 is 1.24 bits per heavy atom. The van der Waals surface area contributed by atoms with Gasteiger partial charge in [0, 0.05) is 12.1 Å². The number of aromatic nitrogens is 3. The number of halogens is 1. The Morgan fingerprint density at radius 3 is 2.64 bits per heavy atom. The molecule has 1 unspecified atom stereocenters. The van der Waals surface area contributed by atoms with Crippen molar-refractivity contribution in [1.82, 2.24) is 14.5 Å². The van der Waals surface area contributed by atoms with Crippen molar-refractivity contribution in [3.8, 4) is 17.3 Å². The molecule has 11 heteroatoms. The van der Waals surface area contributed by atoms with Crippen LogP contribution in [-0.2, 0) is 0 Å². The summed E-state index contributed by atoms with van der Waals surface area (Å²) >= 11 is 1.57. The van der Waals surface area contributed by atoms with Crippen molar-refractivity contribution in [3.05, 3.63) is 58.5 Å². The van der Waals surface area contributed by atoms with Crippen molar-refractivity contribution in [2.75, 3.05) is 26.1 Å². The average Bonchev–Trinajstić information content (AvgIpc) is 3.47. The van der Waals surface area contributed by atoms with Crippen molar-refractivity contribution >= 4 is 46.6 Å². The van der Waals surface area contributed by atoms with Gasteiger partial charge in [-0.1, -0.05) is 0 Å². The molecule has 33 heavy (non-hydrogen) atoms. The summed E-state index contributed by atoms with van der Waals surface area (Å²) in [5.41, 5.74) is 8.36. The first-order valence-electron chi connectivity index (χ1n) is 9.88. The molecule has 0 bridgehead atoms. The van der Waals surface area contributed by atoms with E-state index in [9.17, 15) is 9.90 Å². The second kappa shape index (κ2) is 10.5. The molecule has 0 spiro atoms. The number of rotatable bonds is 9. The van der Waals surface area contributed by atoms with Crippen LogP contribution in [0.25, 0.3) is 16.9 Å². The molecule has 0 aliphatic rings. The van der Waals surface area contributed by atoms with Gasteiger partial charge in [0.05, 0.1) is 31.3 Å². The fraction of sp³-hybridized carbons (Fsp3) is 0.227. The van der Waals surface area contributed by atoms with Gasteiger partial charge in [-0.25, -0.2) is 14.8 Å². The number of nitrogens with two attached hydrogens (primary N) is 1. The van der Waals surface area contributed by atoms with Crippen molar-refractivity contribution < 1.29 is 19.4 Å². The standard InChI is InChI=1S/C22H23N5O4S.ClH/c1-30-18-9-16-17(10-19(18)31-2)27(12-24-16)20-4-3-14(22(28)29)21(26-20)25-15(5-7-23)13-6-8-32-11-13;/h3-4,6,8-12,15H,5,7,23H2,1-2H3,(H,25,26)(H,28,29);1H. The van der Waals surface area contributed by atoms with E-state index in [4.69, 9.17) is 15.2 Å². The number of benzene rings is 1. The number of thiophene rings is 1. The van der Waals surface area contributed by atoms with E-state index in [1.54, 1.807) is 48.6 Å². The Labute approximate surface area is 200 Å². The Kier molecular flexibility index (Phi) is 7.75. The normalized spacial score (nSPS) is 11.6. The van der Waals surface area contributed by atoms with Crippen LogP contribution in [0.4, 0.5) is 5.82 Å². The number of fused-ring (bicyclic) bond motifs is 1. The Morgan fingerprint density at radius 2 is 2.00 bits per heavy atom. The fourth-order valence-electron chi connectivity index (χ4n) is 3.51. The summed E-state index contributed by atoms with van der Waals surface area (Å²) in [6, 6.07) is 8.61. The minimum Gasteiger partial charge on any atom is -0.493 e. The highest BCUT2D eigenvalue weighted by Crippen LogP contribution is 2.33. The molecule has 174 valence electrons. The number of pyridine rings is 1. The van der Waals surface area contributed by atoms with Crippen LogP contribution >= 0.6 is 23.7 Å². The number of carboxylic acid groups (broad SMARTS) is 1. The highest BCUT2D eigenvalue weighted by molar-refractivity contribution is 7.08. The van der Waals surface area contributed by atoms with Crippen LogP contribution in [0.15, 0.2) is 47.4 Å². The van der Waals surface area contributed by atoms with Crippen LogP contribution in [-0.4, -0.2) is 46.4 Å². The Hall–Kier alpha value is -3.34. The SMILES string of the molecule is COc1cc2ncn(-c3ccc(C(=O)O)c(NC(CCN)c4ccsc4)n3)c2cc1OC.Cl. The van der Waals surface area contributed by atoms with E-state index in [0.29, 0.717) is 35.8 Å². The van der Waals surface area contributed by atoms with Gasteiger partial charge in [0.1, 0.15) is 23.5 Å². The summed E-state index contributed by atoms with van der Waals surface area (Å²) in [6.07, 6.45) is 2.26. The molecule has 0 saturated heterocycles. The Balaban J connectivity index is 0.00000306. The van der Waals surface area contributed by atoms with E-state index in [0.717, 1.165) is 11.1 Å². The lowest BCUT2D eigenvalue weighted by Gasteiger charge is -2.20. The van der Waals surface area contributed by atoms with Gasteiger partial charge in [0.15, 0.2) is 11.5 Å². The van der Waals surface area contributed by atoms with Crippen LogP contribution in [0, 0.1) is 0 Å². The Bertz CT molecular complexity index is 1250. The fourth-order valence-corrected chi connectivity index (χ4v) is 4.23. The predicted molar refractivity (Wildman–Crippen MR) is 131 cm³/mol. The highest BCUT2D eigenvalue weighted by Gasteiger charge is 2.19. The molecule has 0 amide bonds. The maximum absolute atomic E-state index is 11.9. The maximum Gasteiger partial charge on any atom is 0.339 e. The molecule has 0 aliphatic heterocycles. The number of ether oxygens (including phenoxy) is 2. The summed E-state index contributed by atoms with van der Waals surface area (Å²) in [5, 5.41) is 17.0. The predicted octanol–water partition coefficient (Wildman–Crippen LogP) is 4.12. The van der Waals surface area contributed by atoms with Crippen LogP contribution in [0.5, 0.6) is 11.5 Å². The second-order valence-corrected chi connectivity index (χ2v) is 7.79. The number of nitrogens with zero attached hydrogens (tertiary/aromatic N) is 3. The lowest BCUT2D eigenvalue weighted by Crippen LogP contribution is -2.18. The molecular formula is C22H24ClN5O4S. The topological polar surface area (TPSA) is 125 Å². The van der Waals surface area contributed by atoms with Crippen molar-refractivity contribution in [1.29, 1.82) is 0 Å². The smallest absolute Gasteiger partial charge is 0.339 e. The molecule has 0 saturated carbocycles. The molecule has 4 N–H and O–H groups in total. The number of hydrogen-bond donors (Lipinski definition) is 3. The molecule has 1 atom stereocenters. The molecule has 4 rings (SSSR count). The van der Waals surface area contributed by atoms with Gasteiger partial charge in [-0.15, -0.1) is 12.4 Å². The quantitative estimate of drug-likeness (QED) is 0.320. The van der Waals surface area contributed by atoms with Gasteiger partial charge in [-0.05, 0) is 47.5 Å². The number of carboxylic acids is 1. The largest absolute Gasteiger partial charge is 0.493 e. The van der Waals surface area contributed by atoms with E-state index >= 15 is 0 Å². The van der Waals surface area contributed by atoms with Gasteiger partial charge < -0.3 is 25.6 Å². The molecule has 1 aromatic carbocycles. The van der Waals surface area contributed by atoms with Gasteiger partial charge in [-0.2, -0.15) is 11.3 Å². The van der Waals surface area contributed by atoms with E-state index in [2.05, 4.69) is 15.3 Å². The summed E-state index contributed by atoms with van der Waals surface area (Å²) in [5.74, 6) is 0.848. The van der Waals surface area contributed by atoms with Gasteiger partial charge in [0.25, 0.3) is 0 Å². The highest BCUT2D eigenvalue weighted by atomic mass is 35.5. The van der Waals surface area contributed by atoms with E-state index in [-0.39, 0.29) is 29.8 Å². The number of carbonyl (C=O) groups is 1. The van der Waals surface area contributed by atoms with Crippen molar-refractivity contribution in [2.24, 2.45) is 5.73 Å². The molecule has 0 fully saturated rings. The lowest BCUT2D eigenvalue weighted by atomic mass is 10.1. The number of anilines is 1. The third kappa shape index (κ3) is 4.87. The van der Waals surface area contributed by atoms with Crippen LogP contribution in [0.2, 0.25) is 0 Å². The zero-order valence-electron chi connectivity index (χ0n) is 18.0. The number of nitrogens with one attached hydrogen (secondary N) is 1. The zero-order valence-corrected chi connectivity index (χ0v) is 19.7. The third-order valence-electron chi connectivity index (χ3n) is 5.12. The van der Waals surface area contributed by atoms with Crippen molar-refractivity contribution in [3.63, 3.8) is 0 Å². The second-order valence-electron chi connectivity index (χ2n) is 7.01. The number of imidazole rings is 1. The first-order chi connectivity index (χ1) is 15.5. The first kappa shape index (κ1) is 24.3. The van der Waals surface area contributed by atoms with Crippen LogP contribution in [0.3, 0.4) is 0 Å². The van der Waals surface area contributed by atoms with Crippen LogP contribution in [0.1, 0.15) is 28.4 Å². The first-order valence-corrected chi connectivity index (χ1v) is 10.8. The molecule has 0 aliphatic carbocycles. The van der Waals surface area contributed by atoms with Gasteiger partial charge in [-0.3, -0.25) is 4.57 Å². The number of aromatic carboxylic acids is 1. The number of hydrogen-bond acceptors (Lipinski definition) is 8. The van der Waals surface area contributed by atoms with E-state index < -0.39 is 5.97 Å². The van der Waals surface area contributed by atoms with Gasteiger partial charge >= 0.3 is 5.97 Å². The van der Waals surface area contributed by atoms with Crippen molar-refractivity contribution in [2.45, 2.75) is 12.5 Å². The lowest BCUT2D eigenvalue weighted by molar-refractivity contribution is 0.0697. The van der Waals surface area contributed by atoms with E-state index in [1.165, 1.54) is 6.07 Å². The van der Waals surface area contributed by atoms with Gasteiger partial charge in [0.2, 0.25) is 0 Å². The molecule has 3 heterocycles. The molecule has 0 radical (unpaired) electrons. The average molecular weight is 490 g/mol. The zero-order chi connectivity index (χ0) is 22.7. The minimum absolute atomic E-state index is 0. The van der Waals surface area contributed by atoms with Crippen LogP contribution < -0.4 is 20.5 Å². The summed E-state index contributed by atoms with van der Waals surface area (Å²) in [7, 11) is 3.13. The maximum atomic E-state index is 11.9. The molecule has 4 aromatic rings. The minimum atomic E-state index is -1.06. The summed E-state index contributed by atoms with van der Waals surface area (Å²) in [4.78, 5) is 20.9. The molecule has 9 nitrogen and oxygen atoms in total. The summed E-state index contributed by atoms with van der Waals surface area (Å²) in [6.45, 7) is 0.448. The summed E-state index contributed by atoms with van der Waals surface area (Å²) < 4.78 is 12.5. The molecule has 3 aromatic heterocycles. The third-order valence-corrected chi connectivity index (χ3v) is 5.82. The monoisotopic (exact) mass is 489 g/mol. The molecular weight excluding hydrogens is 466 g/mol. The number of methoxy groups -OCH3 is 2. The van der Waals surface area contributed by atoms with E-state index in [1.807, 2.05) is 22.9 Å².